The third-order valence-electron chi connectivity index (χ3n) is 5.59. The molecule has 1 saturated carbocycles. The Kier molecular flexibility index (Phi) is 6.26. The molecule has 6 heteroatoms. The predicted octanol–water partition coefficient (Wildman–Crippen LogP) is 3.37. The zero-order valence-corrected chi connectivity index (χ0v) is 16.1. The lowest BCUT2D eigenvalue weighted by Gasteiger charge is -2.44. The number of hydrogen-bond acceptors (Lipinski definition) is 3. The van der Waals surface area contributed by atoms with Gasteiger partial charge in [0.25, 0.3) is 0 Å². The number of carbonyl (C=O) groups excluding carboxylic acids is 1. The molecule has 0 unspecified atom stereocenters. The minimum atomic E-state index is -0.250. The molecule has 3 atom stereocenters. The van der Waals surface area contributed by atoms with E-state index < -0.39 is 0 Å². The molecular weight excluding hydrogens is 359 g/mol. The summed E-state index contributed by atoms with van der Waals surface area (Å²) in [6, 6.07) is 5.77. The average Bonchev–Trinajstić information content (AvgIpc) is 3.12. The van der Waals surface area contributed by atoms with Crippen LogP contribution in [0.15, 0.2) is 18.2 Å². The van der Waals surface area contributed by atoms with Crippen LogP contribution in [0.2, 0.25) is 10.0 Å². The Morgan fingerprint density at radius 1 is 1.24 bits per heavy atom. The number of likely N-dealkylation sites (N-methyl/N-ethyl adjacent to an activating group) is 1. The fraction of sp³-hybridized carbons (Fsp3) is 0.632. The van der Waals surface area contributed by atoms with Crippen molar-refractivity contribution in [3.63, 3.8) is 0 Å². The van der Waals surface area contributed by atoms with Crippen molar-refractivity contribution >= 4 is 29.1 Å². The molecule has 1 amide bonds. The van der Waals surface area contributed by atoms with E-state index in [0.29, 0.717) is 16.5 Å². The lowest BCUT2D eigenvalue weighted by molar-refractivity contribution is -0.134. The standard InChI is InChI=1S/C19H26Cl2N2O2/c1-22(19(25)11-13-4-6-15(20)16(21)10-13)17-7-5-14(24)12-18(17)23-8-2-3-9-23/h4,6,10,14,17-18,24H,2-3,5,7-9,11-12H2,1H3/t14-,17-,18-/m0/s1. The smallest absolute Gasteiger partial charge is 0.227 e. The van der Waals surface area contributed by atoms with Crippen LogP contribution in [0, 0.1) is 0 Å². The summed E-state index contributed by atoms with van der Waals surface area (Å²) in [4.78, 5) is 17.2. The normalized spacial score (nSPS) is 27.4. The number of benzene rings is 1. The molecule has 1 heterocycles. The number of hydrogen-bond donors (Lipinski definition) is 1. The molecule has 1 saturated heterocycles. The van der Waals surface area contributed by atoms with Gasteiger partial charge in [-0.05, 0) is 62.9 Å². The van der Waals surface area contributed by atoms with E-state index >= 15 is 0 Å². The Morgan fingerprint density at radius 3 is 2.64 bits per heavy atom. The van der Waals surface area contributed by atoms with Crippen LogP contribution in [0.1, 0.15) is 37.7 Å². The molecule has 1 N–H and O–H groups in total. The highest BCUT2D eigenvalue weighted by molar-refractivity contribution is 6.42. The molecule has 3 rings (SSSR count). The molecule has 1 aromatic carbocycles. The summed E-state index contributed by atoms with van der Waals surface area (Å²) < 4.78 is 0. The number of nitrogens with zero attached hydrogens (tertiary/aromatic N) is 2. The molecule has 4 nitrogen and oxygen atoms in total. The van der Waals surface area contributed by atoms with Crippen LogP contribution in [0.25, 0.3) is 0 Å². The Morgan fingerprint density at radius 2 is 1.96 bits per heavy atom. The van der Waals surface area contributed by atoms with Crippen LogP contribution < -0.4 is 0 Å². The van der Waals surface area contributed by atoms with Crippen molar-refractivity contribution in [2.75, 3.05) is 20.1 Å². The van der Waals surface area contributed by atoms with Crippen LogP contribution in [0.3, 0.4) is 0 Å². The summed E-state index contributed by atoms with van der Waals surface area (Å²) in [6.07, 6.45) is 4.86. The van der Waals surface area contributed by atoms with E-state index in [1.54, 1.807) is 12.1 Å². The van der Waals surface area contributed by atoms with E-state index in [1.807, 2.05) is 18.0 Å². The first-order valence-electron chi connectivity index (χ1n) is 9.07. The van der Waals surface area contributed by atoms with Crippen molar-refractivity contribution in [2.24, 2.45) is 0 Å². The van der Waals surface area contributed by atoms with Crippen molar-refractivity contribution in [1.82, 2.24) is 9.80 Å². The summed E-state index contributed by atoms with van der Waals surface area (Å²) in [5.41, 5.74) is 0.875. The van der Waals surface area contributed by atoms with Crippen LogP contribution in [-0.4, -0.2) is 59.1 Å². The zero-order chi connectivity index (χ0) is 18.0. The van der Waals surface area contributed by atoms with Gasteiger partial charge in [0.05, 0.1) is 22.6 Å². The molecule has 0 spiro atoms. The zero-order valence-electron chi connectivity index (χ0n) is 14.6. The molecule has 0 aromatic heterocycles. The van der Waals surface area contributed by atoms with E-state index in [-0.39, 0.29) is 24.1 Å². The summed E-state index contributed by atoms with van der Waals surface area (Å²) in [6.45, 7) is 2.14. The Labute approximate surface area is 159 Å². The molecule has 1 aliphatic heterocycles. The first-order chi connectivity index (χ1) is 12.0. The topological polar surface area (TPSA) is 43.8 Å². The van der Waals surface area contributed by atoms with Crippen molar-refractivity contribution < 1.29 is 9.90 Å². The highest BCUT2D eigenvalue weighted by atomic mass is 35.5. The van der Waals surface area contributed by atoms with Gasteiger partial charge in [0.2, 0.25) is 5.91 Å². The van der Waals surface area contributed by atoms with E-state index in [2.05, 4.69) is 4.90 Å². The van der Waals surface area contributed by atoms with Crippen LogP contribution in [-0.2, 0) is 11.2 Å². The number of halogens is 2. The van der Waals surface area contributed by atoms with Gasteiger partial charge in [0.15, 0.2) is 0 Å². The number of amides is 1. The number of aliphatic hydroxyl groups is 1. The van der Waals surface area contributed by atoms with Gasteiger partial charge in [-0.15, -0.1) is 0 Å². The highest BCUT2D eigenvalue weighted by Crippen LogP contribution is 2.30. The second-order valence-electron chi connectivity index (χ2n) is 7.27. The van der Waals surface area contributed by atoms with Crippen molar-refractivity contribution in [1.29, 1.82) is 0 Å². The molecule has 2 fully saturated rings. The second kappa shape index (κ2) is 8.26. The second-order valence-corrected chi connectivity index (χ2v) is 8.09. The fourth-order valence-electron chi connectivity index (χ4n) is 4.16. The third-order valence-corrected chi connectivity index (χ3v) is 6.33. The monoisotopic (exact) mass is 384 g/mol. The average molecular weight is 385 g/mol. The lowest BCUT2D eigenvalue weighted by Crippen LogP contribution is -2.55. The number of aliphatic hydroxyl groups excluding tert-OH is 1. The summed E-state index contributed by atoms with van der Waals surface area (Å²) in [5.74, 6) is 0.0870. The molecule has 1 aromatic rings. The fourth-order valence-corrected chi connectivity index (χ4v) is 4.48. The van der Waals surface area contributed by atoms with E-state index in [4.69, 9.17) is 23.2 Å². The molecule has 0 bridgehead atoms. The molecule has 138 valence electrons. The highest BCUT2D eigenvalue weighted by Gasteiger charge is 2.38. The van der Waals surface area contributed by atoms with Gasteiger partial charge in [0, 0.05) is 19.1 Å². The maximum Gasteiger partial charge on any atom is 0.227 e. The first-order valence-corrected chi connectivity index (χ1v) is 9.83. The van der Waals surface area contributed by atoms with Gasteiger partial charge in [0.1, 0.15) is 0 Å². The van der Waals surface area contributed by atoms with Crippen LogP contribution in [0.5, 0.6) is 0 Å². The number of carbonyl (C=O) groups is 1. The Hall–Kier alpha value is -0.810. The molecule has 2 aliphatic rings. The summed E-state index contributed by atoms with van der Waals surface area (Å²) in [5, 5.41) is 11.1. The first kappa shape index (κ1) is 19.0. The number of likely N-dealkylation sites (tertiary alicyclic amines) is 1. The largest absolute Gasteiger partial charge is 0.393 e. The minimum absolute atomic E-state index is 0.0870. The van der Waals surface area contributed by atoms with E-state index in [1.165, 1.54) is 12.8 Å². The summed E-state index contributed by atoms with van der Waals surface area (Å²) >= 11 is 12.0. The molecular formula is C19H26Cl2N2O2. The van der Waals surface area contributed by atoms with Crippen molar-refractivity contribution in [2.45, 2.75) is 56.7 Å². The van der Waals surface area contributed by atoms with Gasteiger partial charge in [-0.2, -0.15) is 0 Å². The SMILES string of the molecule is CN(C(=O)Cc1ccc(Cl)c(Cl)c1)[C@H]1CC[C@H](O)C[C@@H]1N1CCCC1. The summed E-state index contributed by atoms with van der Waals surface area (Å²) in [7, 11) is 1.89. The van der Waals surface area contributed by atoms with Crippen LogP contribution in [0.4, 0.5) is 0 Å². The third kappa shape index (κ3) is 4.48. The van der Waals surface area contributed by atoms with Crippen LogP contribution >= 0.6 is 23.2 Å². The maximum absolute atomic E-state index is 12.8. The van der Waals surface area contributed by atoms with E-state index in [9.17, 15) is 9.90 Å². The van der Waals surface area contributed by atoms with Gasteiger partial charge >= 0.3 is 0 Å². The molecule has 1 aliphatic carbocycles. The van der Waals surface area contributed by atoms with E-state index in [0.717, 1.165) is 37.9 Å². The maximum atomic E-state index is 12.8. The van der Waals surface area contributed by atoms with Crippen molar-refractivity contribution in [3.05, 3.63) is 33.8 Å². The Bertz CT molecular complexity index is 619. The van der Waals surface area contributed by atoms with Gasteiger partial charge in [-0.1, -0.05) is 29.3 Å². The molecule has 25 heavy (non-hydrogen) atoms. The lowest BCUT2D eigenvalue weighted by atomic mass is 9.86. The predicted molar refractivity (Wildman–Crippen MR) is 101 cm³/mol. The number of rotatable bonds is 4. The van der Waals surface area contributed by atoms with Crippen molar-refractivity contribution in [3.8, 4) is 0 Å². The van der Waals surface area contributed by atoms with Gasteiger partial charge in [-0.3, -0.25) is 9.69 Å². The molecule has 0 radical (unpaired) electrons. The minimum Gasteiger partial charge on any atom is -0.393 e. The van der Waals surface area contributed by atoms with Gasteiger partial charge in [-0.25, -0.2) is 0 Å². The Balaban J connectivity index is 1.69. The van der Waals surface area contributed by atoms with Gasteiger partial charge < -0.3 is 10.0 Å². The quantitative estimate of drug-likeness (QED) is 0.864.